The number of carbonyl (C=O) groups excluding carboxylic acids is 1. The summed E-state index contributed by atoms with van der Waals surface area (Å²) in [5, 5.41) is 0. The molecule has 0 saturated heterocycles. The first-order valence-electron chi connectivity index (χ1n) is 6.82. The van der Waals surface area contributed by atoms with Gasteiger partial charge in [0, 0.05) is 17.5 Å². The summed E-state index contributed by atoms with van der Waals surface area (Å²) in [6.45, 7) is 0.506. The highest BCUT2D eigenvalue weighted by molar-refractivity contribution is 5.95. The minimum atomic E-state index is 0.207. The Bertz CT molecular complexity index is 605. The van der Waals surface area contributed by atoms with E-state index < -0.39 is 0 Å². The molecule has 1 aliphatic heterocycles. The van der Waals surface area contributed by atoms with Crippen LogP contribution in [0.5, 0.6) is 5.75 Å². The van der Waals surface area contributed by atoms with Gasteiger partial charge in [0.1, 0.15) is 6.61 Å². The Labute approximate surface area is 118 Å². The lowest BCUT2D eigenvalue weighted by molar-refractivity contribution is -0.194. The third-order valence-electron chi connectivity index (χ3n) is 3.45. The van der Waals surface area contributed by atoms with E-state index >= 15 is 0 Å². The van der Waals surface area contributed by atoms with Gasteiger partial charge in [-0.1, -0.05) is 36.4 Å². The van der Waals surface area contributed by atoms with Gasteiger partial charge >= 0.3 is 0 Å². The molecule has 2 aromatic carbocycles. The molecule has 0 N–H and O–H groups in total. The van der Waals surface area contributed by atoms with Gasteiger partial charge in [-0.25, -0.2) is 0 Å². The van der Waals surface area contributed by atoms with Gasteiger partial charge in [-0.05, 0) is 30.5 Å². The van der Waals surface area contributed by atoms with Crippen LogP contribution >= 0.6 is 0 Å². The highest BCUT2D eigenvalue weighted by Gasteiger charge is 2.13. The van der Waals surface area contributed by atoms with Crippen molar-refractivity contribution in [1.82, 2.24) is 0 Å². The molecule has 20 heavy (non-hydrogen) atoms. The van der Waals surface area contributed by atoms with E-state index in [-0.39, 0.29) is 5.78 Å². The summed E-state index contributed by atoms with van der Waals surface area (Å²) >= 11 is 0. The van der Waals surface area contributed by atoms with Crippen LogP contribution in [0.4, 0.5) is 0 Å². The fourth-order valence-corrected chi connectivity index (χ4v) is 2.36. The number of hydrogen-bond donors (Lipinski definition) is 0. The Kier molecular flexibility index (Phi) is 3.79. The van der Waals surface area contributed by atoms with Crippen molar-refractivity contribution in [2.75, 3.05) is 0 Å². The largest absolute Gasteiger partial charge is 0.337 e. The first-order chi connectivity index (χ1) is 9.83. The molecule has 1 heterocycles. The van der Waals surface area contributed by atoms with Crippen molar-refractivity contribution in [3.63, 3.8) is 0 Å². The van der Waals surface area contributed by atoms with E-state index in [1.807, 2.05) is 42.5 Å². The molecule has 0 aliphatic carbocycles. The average molecular weight is 268 g/mol. The molecular formula is C17H16O3. The third kappa shape index (κ3) is 2.89. The summed E-state index contributed by atoms with van der Waals surface area (Å²) in [6, 6.07) is 15.5. The molecule has 0 radical (unpaired) electrons. The lowest BCUT2D eigenvalue weighted by atomic mass is 10.0. The van der Waals surface area contributed by atoms with Crippen molar-refractivity contribution in [3.05, 3.63) is 65.2 Å². The summed E-state index contributed by atoms with van der Waals surface area (Å²) in [5.74, 6) is 1.01. The summed E-state index contributed by atoms with van der Waals surface area (Å²) in [5.41, 5.74) is 3.10. The molecule has 0 amide bonds. The molecule has 2 aromatic rings. The van der Waals surface area contributed by atoms with Gasteiger partial charge in [0.15, 0.2) is 11.5 Å². The highest BCUT2D eigenvalue weighted by Crippen LogP contribution is 2.27. The number of ketones is 1. The normalized spacial score (nSPS) is 12.8. The van der Waals surface area contributed by atoms with Crippen LogP contribution in [0, 0.1) is 0 Å². The van der Waals surface area contributed by atoms with Crippen molar-refractivity contribution in [3.8, 4) is 5.75 Å². The molecular weight excluding hydrogens is 252 g/mol. The van der Waals surface area contributed by atoms with Crippen LogP contribution in [0.25, 0.3) is 0 Å². The van der Waals surface area contributed by atoms with E-state index in [0.29, 0.717) is 13.0 Å². The van der Waals surface area contributed by atoms with Crippen LogP contribution < -0.4 is 4.89 Å². The standard InChI is InChI=1S/C17H16O3/c18-16(14-6-2-1-3-7-14)8-4-5-13-9-10-17-15(11-13)12-19-20-17/h1-3,6-7,9-11H,4-5,8,12H2. The Hall–Kier alpha value is -2.13. The van der Waals surface area contributed by atoms with Crippen LogP contribution in [0.3, 0.4) is 0 Å². The topological polar surface area (TPSA) is 35.5 Å². The van der Waals surface area contributed by atoms with Gasteiger partial charge in [0.25, 0.3) is 0 Å². The number of rotatable bonds is 5. The van der Waals surface area contributed by atoms with Crippen molar-refractivity contribution in [1.29, 1.82) is 0 Å². The average Bonchev–Trinajstić information content (AvgIpc) is 2.95. The summed E-state index contributed by atoms with van der Waals surface area (Å²) in [6.07, 6.45) is 2.33. The van der Waals surface area contributed by atoms with Crippen molar-refractivity contribution >= 4 is 5.78 Å². The lowest BCUT2D eigenvalue weighted by Gasteiger charge is -2.03. The first kappa shape index (κ1) is 12.9. The monoisotopic (exact) mass is 268 g/mol. The Morgan fingerprint density at radius 2 is 1.95 bits per heavy atom. The maximum absolute atomic E-state index is 12.0. The van der Waals surface area contributed by atoms with Gasteiger partial charge in [0.2, 0.25) is 0 Å². The van der Waals surface area contributed by atoms with Gasteiger partial charge in [-0.15, -0.1) is 0 Å². The predicted octanol–water partition coefficient (Wildman–Crippen LogP) is 3.72. The smallest absolute Gasteiger partial charge is 0.171 e. The fraction of sp³-hybridized carbons (Fsp3) is 0.235. The molecule has 0 unspecified atom stereocenters. The van der Waals surface area contributed by atoms with Crippen molar-refractivity contribution in [2.24, 2.45) is 0 Å². The highest BCUT2D eigenvalue weighted by atomic mass is 17.2. The Morgan fingerprint density at radius 1 is 1.10 bits per heavy atom. The number of benzene rings is 2. The number of hydrogen-bond acceptors (Lipinski definition) is 3. The number of carbonyl (C=O) groups is 1. The van der Waals surface area contributed by atoms with E-state index in [2.05, 4.69) is 6.07 Å². The van der Waals surface area contributed by atoms with Gasteiger partial charge in [-0.2, -0.15) is 4.89 Å². The molecule has 0 aromatic heterocycles. The summed E-state index contributed by atoms with van der Waals surface area (Å²) in [4.78, 5) is 21.9. The molecule has 0 atom stereocenters. The second-order valence-corrected chi connectivity index (χ2v) is 4.93. The summed E-state index contributed by atoms with van der Waals surface area (Å²) in [7, 11) is 0. The molecule has 0 fully saturated rings. The van der Waals surface area contributed by atoms with Crippen molar-refractivity contribution < 1.29 is 14.6 Å². The van der Waals surface area contributed by atoms with E-state index in [0.717, 1.165) is 29.7 Å². The zero-order valence-electron chi connectivity index (χ0n) is 11.2. The number of aryl methyl sites for hydroxylation is 1. The molecule has 0 spiro atoms. The van der Waals surface area contributed by atoms with E-state index in [1.165, 1.54) is 5.56 Å². The van der Waals surface area contributed by atoms with Crippen molar-refractivity contribution in [2.45, 2.75) is 25.9 Å². The molecule has 3 nitrogen and oxygen atoms in total. The first-order valence-corrected chi connectivity index (χ1v) is 6.82. The number of Topliss-reactive ketones (excluding diaryl/α,β-unsaturated/α-hetero) is 1. The predicted molar refractivity (Wildman–Crippen MR) is 75.6 cm³/mol. The second-order valence-electron chi connectivity index (χ2n) is 4.93. The molecule has 3 heteroatoms. The lowest BCUT2D eigenvalue weighted by Crippen LogP contribution is -1.99. The minimum absolute atomic E-state index is 0.207. The fourth-order valence-electron chi connectivity index (χ4n) is 2.36. The SMILES string of the molecule is O=C(CCCc1ccc2c(c1)COO2)c1ccccc1. The van der Waals surface area contributed by atoms with Gasteiger partial charge in [-0.3, -0.25) is 4.79 Å². The van der Waals surface area contributed by atoms with Crippen LogP contribution in [0.2, 0.25) is 0 Å². The van der Waals surface area contributed by atoms with Crippen LogP contribution in [-0.2, 0) is 17.9 Å². The van der Waals surface area contributed by atoms with E-state index in [4.69, 9.17) is 9.78 Å². The maximum atomic E-state index is 12.0. The van der Waals surface area contributed by atoms with Crippen LogP contribution in [-0.4, -0.2) is 5.78 Å². The Balaban J connectivity index is 1.54. The Morgan fingerprint density at radius 3 is 2.80 bits per heavy atom. The van der Waals surface area contributed by atoms with Crippen LogP contribution in [0.15, 0.2) is 48.5 Å². The molecule has 3 rings (SSSR count). The summed E-state index contributed by atoms with van der Waals surface area (Å²) < 4.78 is 0. The maximum Gasteiger partial charge on any atom is 0.171 e. The quantitative estimate of drug-likeness (QED) is 0.612. The minimum Gasteiger partial charge on any atom is -0.337 e. The number of fused-ring (bicyclic) bond motifs is 1. The van der Waals surface area contributed by atoms with E-state index in [1.54, 1.807) is 0 Å². The van der Waals surface area contributed by atoms with Gasteiger partial charge in [0.05, 0.1) is 0 Å². The molecule has 102 valence electrons. The molecule has 0 saturated carbocycles. The van der Waals surface area contributed by atoms with Gasteiger partial charge < -0.3 is 4.89 Å². The zero-order valence-corrected chi connectivity index (χ0v) is 11.2. The zero-order chi connectivity index (χ0) is 13.8. The van der Waals surface area contributed by atoms with Crippen LogP contribution in [0.1, 0.15) is 34.3 Å². The second kappa shape index (κ2) is 5.88. The molecule has 0 bridgehead atoms. The third-order valence-corrected chi connectivity index (χ3v) is 3.45. The van der Waals surface area contributed by atoms with E-state index in [9.17, 15) is 4.79 Å². The molecule has 1 aliphatic rings.